The first-order valence-electron chi connectivity index (χ1n) is 2.41. The fourth-order valence-corrected chi connectivity index (χ4v) is 0.422. The average molecular weight is 110 g/mol. The standard InChI is InChI=1S/C4H6N4/c1-2-3-6-4(5)8-7-3/h5H,2H2,1H3. The molecule has 0 spiro atoms. The number of hydrogen-bond acceptors (Lipinski definition) is 2. The van der Waals surface area contributed by atoms with Crippen molar-refractivity contribution < 1.29 is 0 Å². The smallest absolute Gasteiger partial charge is 0.263 e. The maximum atomic E-state index is 6.83. The number of hydrogen-bond donors (Lipinski definition) is 1. The molecule has 0 atom stereocenters. The van der Waals surface area contributed by atoms with Gasteiger partial charge in [-0.1, -0.05) is 6.92 Å². The fraction of sp³-hybridized carbons (Fsp3) is 0.500. The first-order chi connectivity index (χ1) is 3.83. The molecule has 0 aromatic carbocycles. The molecule has 0 amide bonds. The Morgan fingerprint density at radius 1 is 1.50 bits per heavy atom. The minimum absolute atomic E-state index is 0.0156. The number of aliphatic imine (C=N–C) groups is 1. The van der Waals surface area contributed by atoms with E-state index < -0.39 is 0 Å². The topological polar surface area (TPSA) is 60.9 Å². The second kappa shape index (κ2) is 1.81. The zero-order chi connectivity index (χ0) is 5.98. The minimum atomic E-state index is 0.0156. The van der Waals surface area contributed by atoms with Crippen LogP contribution in [0.1, 0.15) is 13.3 Å². The zero-order valence-electron chi connectivity index (χ0n) is 4.55. The summed E-state index contributed by atoms with van der Waals surface area (Å²) in [7, 11) is 0. The summed E-state index contributed by atoms with van der Waals surface area (Å²) < 4.78 is 0. The van der Waals surface area contributed by atoms with Gasteiger partial charge < -0.3 is 0 Å². The van der Waals surface area contributed by atoms with Gasteiger partial charge in [-0.3, -0.25) is 5.41 Å². The first-order valence-corrected chi connectivity index (χ1v) is 2.41. The summed E-state index contributed by atoms with van der Waals surface area (Å²) >= 11 is 0. The van der Waals surface area contributed by atoms with Gasteiger partial charge in [-0.15, -0.1) is 10.2 Å². The molecule has 4 heteroatoms. The SMILES string of the molecule is CCC1=NC(=N)N=N1. The lowest BCUT2D eigenvalue weighted by molar-refractivity contribution is 1.23. The summed E-state index contributed by atoms with van der Waals surface area (Å²) in [6.45, 7) is 1.93. The Balaban J connectivity index is 2.72. The lowest BCUT2D eigenvalue weighted by Crippen LogP contribution is -1.85. The highest BCUT2D eigenvalue weighted by molar-refractivity contribution is 5.99. The number of azo groups is 1. The molecule has 0 aromatic rings. The summed E-state index contributed by atoms with van der Waals surface area (Å²) in [6.07, 6.45) is 0.756. The van der Waals surface area contributed by atoms with Gasteiger partial charge in [-0.05, 0) is 0 Å². The predicted octanol–water partition coefficient (Wildman–Crippen LogP) is 1.20. The van der Waals surface area contributed by atoms with E-state index >= 15 is 0 Å². The Bertz CT molecular complexity index is 167. The molecule has 1 aliphatic heterocycles. The van der Waals surface area contributed by atoms with Crippen molar-refractivity contribution >= 4 is 11.8 Å². The number of nitrogens with zero attached hydrogens (tertiary/aromatic N) is 3. The van der Waals surface area contributed by atoms with E-state index in [9.17, 15) is 0 Å². The lowest BCUT2D eigenvalue weighted by Gasteiger charge is -1.78. The van der Waals surface area contributed by atoms with Gasteiger partial charge in [0.25, 0.3) is 5.96 Å². The zero-order valence-corrected chi connectivity index (χ0v) is 4.55. The molecule has 1 aliphatic rings. The average Bonchev–Trinajstić information content (AvgIpc) is 2.14. The Morgan fingerprint density at radius 3 is 2.50 bits per heavy atom. The molecule has 0 fully saturated rings. The largest absolute Gasteiger partial charge is 0.264 e. The van der Waals surface area contributed by atoms with Crippen molar-refractivity contribution in [3.63, 3.8) is 0 Å². The van der Waals surface area contributed by atoms with Crippen LogP contribution in [0.15, 0.2) is 15.2 Å². The molecule has 0 saturated heterocycles. The van der Waals surface area contributed by atoms with Crippen LogP contribution < -0.4 is 0 Å². The third-order valence-corrected chi connectivity index (χ3v) is 0.811. The van der Waals surface area contributed by atoms with Crippen molar-refractivity contribution in [3.05, 3.63) is 0 Å². The molecule has 8 heavy (non-hydrogen) atoms. The van der Waals surface area contributed by atoms with E-state index in [0.717, 1.165) is 6.42 Å². The number of nitrogens with one attached hydrogen (secondary N) is 1. The summed E-state index contributed by atoms with van der Waals surface area (Å²) in [5.74, 6) is 0.664. The van der Waals surface area contributed by atoms with E-state index in [1.165, 1.54) is 0 Å². The summed E-state index contributed by atoms with van der Waals surface area (Å²) in [5.41, 5.74) is 0. The highest BCUT2D eigenvalue weighted by Gasteiger charge is 2.02. The van der Waals surface area contributed by atoms with Gasteiger partial charge in [0, 0.05) is 6.42 Å². The Labute approximate surface area is 46.9 Å². The van der Waals surface area contributed by atoms with Crippen molar-refractivity contribution in [1.82, 2.24) is 0 Å². The second-order valence-electron chi connectivity index (χ2n) is 1.41. The van der Waals surface area contributed by atoms with Gasteiger partial charge in [0.2, 0.25) is 0 Å². The van der Waals surface area contributed by atoms with Crippen LogP contribution in [0.2, 0.25) is 0 Å². The van der Waals surface area contributed by atoms with Crippen molar-refractivity contribution in [2.24, 2.45) is 15.2 Å². The highest BCUT2D eigenvalue weighted by Crippen LogP contribution is 1.98. The van der Waals surface area contributed by atoms with Gasteiger partial charge in [0.1, 0.15) is 0 Å². The molecule has 0 aromatic heterocycles. The monoisotopic (exact) mass is 110 g/mol. The quantitative estimate of drug-likeness (QED) is 0.527. The van der Waals surface area contributed by atoms with Gasteiger partial charge in [-0.25, -0.2) is 0 Å². The van der Waals surface area contributed by atoms with Crippen LogP contribution in [0, 0.1) is 5.41 Å². The molecule has 1 rings (SSSR count). The molecular weight excluding hydrogens is 104 g/mol. The third kappa shape index (κ3) is 0.776. The van der Waals surface area contributed by atoms with Crippen LogP contribution in [-0.2, 0) is 0 Å². The van der Waals surface area contributed by atoms with Crippen LogP contribution >= 0.6 is 0 Å². The Morgan fingerprint density at radius 2 is 2.25 bits per heavy atom. The molecule has 4 nitrogen and oxygen atoms in total. The molecular formula is C4H6N4. The van der Waals surface area contributed by atoms with Gasteiger partial charge in [0.05, 0.1) is 0 Å². The Kier molecular flexibility index (Phi) is 1.15. The minimum Gasteiger partial charge on any atom is -0.264 e. The van der Waals surface area contributed by atoms with Crippen LogP contribution in [0.5, 0.6) is 0 Å². The normalized spacial score (nSPS) is 17.1. The molecule has 0 bridgehead atoms. The summed E-state index contributed by atoms with van der Waals surface area (Å²) in [5, 5.41) is 13.8. The molecule has 0 saturated carbocycles. The summed E-state index contributed by atoms with van der Waals surface area (Å²) in [4.78, 5) is 3.67. The third-order valence-electron chi connectivity index (χ3n) is 0.811. The number of amidine groups is 1. The van der Waals surface area contributed by atoms with Gasteiger partial charge in [0.15, 0.2) is 5.84 Å². The van der Waals surface area contributed by atoms with E-state index in [1.54, 1.807) is 0 Å². The maximum absolute atomic E-state index is 6.83. The number of rotatable bonds is 1. The van der Waals surface area contributed by atoms with E-state index in [4.69, 9.17) is 5.41 Å². The van der Waals surface area contributed by atoms with Crippen LogP contribution in [0.3, 0.4) is 0 Å². The fourth-order valence-electron chi connectivity index (χ4n) is 0.422. The highest BCUT2D eigenvalue weighted by atomic mass is 15.3. The summed E-state index contributed by atoms with van der Waals surface area (Å²) in [6, 6.07) is 0. The maximum Gasteiger partial charge on any atom is 0.263 e. The molecule has 42 valence electrons. The van der Waals surface area contributed by atoms with Gasteiger partial charge in [-0.2, -0.15) is 4.99 Å². The molecule has 0 aliphatic carbocycles. The first kappa shape index (κ1) is 5.08. The molecule has 1 N–H and O–H groups in total. The van der Waals surface area contributed by atoms with Crippen molar-refractivity contribution in [1.29, 1.82) is 5.41 Å². The van der Waals surface area contributed by atoms with Crippen molar-refractivity contribution in [2.45, 2.75) is 13.3 Å². The predicted molar refractivity (Wildman–Crippen MR) is 30.3 cm³/mol. The van der Waals surface area contributed by atoms with E-state index in [1.807, 2.05) is 6.92 Å². The van der Waals surface area contributed by atoms with E-state index in [-0.39, 0.29) is 5.96 Å². The molecule has 1 heterocycles. The van der Waals surface area contributed by atoms with Crippen molar-refractivity contribution in [3.8, 4) is 0 Å². The van der Waals surface area contributed by atoms with E-state index in [0.29, 0.717) is 5.84 Å². The molecule has 0 radical (unpaired) electrons. The number of guanidine groups is 1. The Hall–Kier alpha value is -1.06. The van der Waals surface area contributed by atoms with Crippen molar-refractivity contribution in [2.75, 3.05) is 0 Å². The second-order valence-corrected chi connectivity index (χ2v) is 1.41. The van der Waals surface area contributed by atoms with Crippen LogP contribution in [0.4, 0.5) is 0 Å². The van der Waals surface area contributed by atoms with Crippen LogP contribution in [-0.4, -0.2) is 11.8 Å². The lowest BCUT2D eigenvalue weighted by atomic mass is 10.5. The molecule has 0 unspecified atom stereocenters. The van der Waals surface area contributed by atoms with E-state index in [2.05, 4.69) is 15.2 Å². The van der Waals surface area contributed by atoms with Gasteiger partial charge >= 0.3 is 0 Å². The van der Waals surface area contributed by atoms with Crippen LogP contribution in [0.25, 0.3) is 0 Å².